The summed E-state index contributed by atoms with van der Waals surface area (Å²) in [6, 6.07) is 9.33. The summed E-state index contributed by atoms with van der Waals surface area (Å²) in [7, 11) is 0. The molecule has 0 bridgehead atoms. The minimum Gasteiger partial charge on any atom is -0.380 e. The van der Waals surface area contributed by atoms with Crippen molar-refractivity contribution in [2.45, 2.75) is 31.8 Å². The zero-order valence-corrected chi connectivity index (χ0v) is 10.9. The van der Waals surface area contributed by atoms with Crippen LogP contribution in [0.2, 0.25) is 0 Å². The Morgan fingerprint density at radius 3 is 2.94 bits per heavy atom. The number of benzene rings is 1. The number of likely N-dealkylation sites (tertiary alicyclic amines) is 1. The second-order valence-electron chi connectivity index (χ2n) is 5.39. The number of hydrogen-bond donors (Lipinski definition) is 1. The molecule has 0 aliphatic carbocycles. The summed E-state index contributed by atoms with van der Waals surface area (Å²) in [6.45, 7) is 5.35. The number of nitrogens with zero attached hydrogens (tertiary/aromatic N) is 1. The van der Waals surface area contributed by atoms with E-state index in [4.69, 9.17) is 4.74 Å². The minimum atomic E-state index is 0.493. The molecular formula is C15H22N2O. The van der Waals surface area contributed by atoms with Crippen LogP contribution in [0.1, 0.15) is 24.8 Å². The highest BCUT2D eigenvalue weighted by Gasteiger charge is 2.15. The van der Waals surface area contributed by atoms with Crippen LogP contribution in [-0.2, 0) is 11.3 Å². The number of hydrogen-bond acceptors (Lipinski definition) is 3. The first-order valence-corrected chi connectivity index (χ1v) is 7.06. The van der Waals surface area contributed by atoms with E-state index in [-0.39, 0.29) is 0 Å². The van der Waals surface area contributed by atoms with Gasteiger partial charge in [0.2, 0.25) is 0 Å². The first kappa shape index (κ1) is 12.0. The molecule has 98 valence electrons. The molecule has 0 amide bonds. The van der Waals surface area contributed by atoms with E-state index in [1.165, 1.54) is 37.2 Å². The predicted molar refractivity (Wildman–Crippen MR) is 73.8 cm³/mol. The van der Waals surface area contributed by atoms with E-state index in [1.807, 2.05) is 0 Å². The van der Waals surface area contributed by atoms with Crippen molar-refractivity contribution in [2.75, 3.05) is 31.6 Å². The molecule has 2 saturated heterocycles. The highest BCUT2D eigenvalue weighted by atomic mass is 16.5. The van der Waals surface area contributed by atoms with Gasteiger partial charge in [-0.2, -0.15) is 0 Å². The van der Waals surface area contributed by atoms with Crippen molar-refractivity contribution in [3.05, 3.63) is 29.8 Å². The third kappa shape index (κ3) is 3.03. The van der Waals surface area contributed by atoms with Crippen molar-refractivity contribution in [2.24, 2.45) is 0 Å². The van der Waals surface area contributed by atoms with Gasteiger partial charge in [0.15, 0.2) is 0 Å². The Kier molecular flexibility index (Phi) is 3.81. The van der Waals surface area contributed by atoms with E-state index in [9.17, 15) is 0 Å². The van der Waals surface area contributed by atoms with Crippen LogP contribution in [0, 0.1) is 0 Å². The highest BCUT2D eigenvalue weighted by Crippen LogP contribution is 2.18. The van der Waals surface area contributed by atoms with Gasteiger partial charge >= 0.3 is 0 Å². The fourth-order valence-corrected chi connectivity index (χ4v) is 2.84. The molecule has 2 aliphatic heterocycles. The van der Waals surface area contributed by atoms with Crippen LogP contribution in [0.15, 0.2) is 24.3 Å². The first-order chi connectivity index (χ1) is 8.90. The summed E-state index contributed by atoms with van der Waals surface area (Å²) in [5.74, 6) is 0. The molecule has 2 heterocycles. The molecule has 3 heteroatoms. The first-order valence-electron chi connectivity index (χ1n) is 7.06. The van der Waals surface area contributed by atoms with Crippen LogP contribution in [0.5, 0.6) is 0 Å². The summed E-state index contributed by atoms with van der Waals surface area (Å²) in [5.41, 5.74) is 2.66. The van der Waals surface area contributed by atoms with Crippen LogP contribution >= 0.6 is 0 Å². The lowest BCUT2D eigenvalue weighted by atomic mass is 10.1. The van der Waals surface area contributed by atoms with Gasteiger partial charge in [0.25, 0.3) is 0 Å². The van der Waals surface area contributed by atoms with E-state index in [1.54, 1.807) is 0 Å². The third-order valence-corrected chi connectivity index (χ3v) is 3.83. The van der Waals surface area contributed by atoms with Crippen molar-refractivity contribution in [1.29, 1.82) is 0 Å². The Labute approximate surface area is 109 Å². The second-order valence-corrected chi connectivity index (χ2v) is 5.39. The zero-order chi connectivity index (χ0) is 12.2. The molecule has 1 unspecified atom stereocenters. The molecule has 3 nitrogen and oxygen atoms in total. The zero-order valence-electron chi connectivity index (χ0n) is 10.9. The van der Waals surface area contributed by atoms with E-state index < -0.39 is 0 Å². The van der Waals surface area contributed by atoms with Crippen LogP contribution in [0.3, 0.4) is 0 Å². The molecule has 1 atom stereocenters. The largest absolute Gasteiger partial charge is 0.380 e. The summed E-state index contributed by atoms with van der Waals surface area (Å²) < 4.78 is 5.40. The van der Waals surface area contributed by atoms with E-state index in [2.05, 4.69) is 34.5 Å². The smallest absolute Gasteiger partial charge is 0.0668 e. The van der Waals surface area contributed by atoms with Crippen molar-refractivity contribution in [1.82, 2.24) is 4.90 Å². The van der Waals surface area contributed by atoms with Gasteiger partial charge in [-0.15, -0.1) is 0 Å². The monoisotopic (exact) mass is 246 g/mol. The molecule has 1 aromatic rings. The second kappa shape index (κ2) is 5.72. The maximum Gasteiger partial charge on any atom is 0.0668 e. The minimum absolute atomic E-state index is 0.493. The molecule has 0 radical (unpaired) electrons. The van der Waals surface area contributed by atoms with Crippen molar-refractivity contribution in [3.63, 3.8) is 0 Å². The van der Waals surface area contributed by atoms with E-state index >= 15 is 0 Å². The Balaban J connectivity index is 1.60. The fraction of sp³-hybridized carbons (Fsp3) is 0.600. The molecule has 0 saturated carbocycles. The topological polar surface area (TPSA) is 24.5 Å². The molecule has 1 aromatic carbocycles. The van der Waals surface area contributed by atoms with Crippen molar-refractivity contribution < 1.29 is 4.74 Å². The number of nitrogens with one attached hydrogen (secondary N) is 1. The van der Waals surface area contributed by atoms with Gasteiger partial charge in [-0.1, -0.05) is 12.1 Å². The number of rotatable bonds is 4. The van der Waals surface area contributed by atoms with Gasteiger partial charge in [0, 0.05) is 18.8 Å². The van der Waals surface area contributed by atoms with Crippen LogP contribution < -0.4 is 5.32 Å². The van der Waals surface area contributed by atoms with Crippen LogP contribution in [-0.4, -0.2) is 37.2 Å². The summed E-state index contributed by atoms with van der Waals surface area (Å²) in [4.78, 5) is 2.54. The fourth-order valence-electron chi connectivity index (χ4n) is 2.84. The standard InChI is InChI=1S/C15H22N2O/c1-2-8-17(7-1)11-13-4-3-5-14(10-13)16-15-6-9-18-12-15/h3-5,10,15-16H,1-2,6-9,11-12H2. The molecule has 0 spiro atoms. The van der Waals surface area contributed by atoms with Gasteiger partial charge in [0.1, 0.15) is 0 Å². The van der Waals surface area contributed by atoms with Gasteiger partial charge in [-0.3, -0.25) is 4.90 Å². The Bertz CT molecular complexity index is 349. The normalized spacial score (nSPS) is 24.6. The predicted octanol–water partition coefficient (Wildman–Crippen LogP) is 2.48. The van der Waals surface area contributed by atoms with Crippen molar-refractivity contribution in [3.8, 4) is 0 Å². The lowest BCUT2D eigenvalue weighted by Gasteiger charge is -2.17. The molecule has 18 heavy (non-hydrogen) atoms. The van der Waals surface area contributed by atoms with Gasteiger partial charge in [-0.05, 0) is 50.0 Å². The van der Waals surface area contributed by atoms with Gasteiger partial charge < -0.3 is 10.1 Å². The number of anilines is 1. The van der Waals surface area contributed by atoms with Gasteiger partial charge in [0.05, 0.1) is 12.6 Å². The van der Waals surface area contributed by atoms with Crippen molar-refractivity contribution >= 4 is 5.69 Å². The molecule has 3 rings (SSSR count). The third-order valence-electron chi connectivity index (χ3n) is 3.83. The lowest BCUT2D eigenvalue weighted by molar-refractivity contribution is 0.195. The molecule has 1 N–H and O–H groups in total. The summed E-state index contributed by atoms with van der Waals surface area (Å²) in [6.07, 6.45) is 3.84. The van der Waals surface area contributed by atoms with E-state index in [0.29, 0.717) is 6.04 Å². The average Bonchev–Trinajstić information content (AvgIpc) is 3.03. The molecule has 0 aromatic heterocycles. The highest BCUT2D eigenvalue weighted by molar-refractivity contribution is 5.46. The maximum atomic E-state index is 5.40. The van der Waals surface area contributed by atoms with Gasteiger partial charge in [-0.25, -0.2) is 0 Å². The quantitative estimate of drug-likeness (QED) is 0.883. The Hall–Kier alpha value is -1.06. The molecular weight excluding hydrogens is 224 g/mol. The van der Waals surface area contributed by atoms with Crippen LogP contribution in [0.25, 0.3) is 0 Å². The lowest BCUT2D eigenvalue weighted by Crippen LogP contribution is -2.20. The SMILES string of the molecule is c1cc(CN2CCCC2)cc(NC2CCOC2)c1. The maximum absolute atomic E-state index is 5.40. The van der Waals surface area contributed by atoms with Crippen LogP contribution in [0.4, 0.5) is 5.69 Å². The Morgan fingerprint density at radius 1 is 1.28 bits per heavy atom. The Morgan fingerprint density at radius 2 is 2.17 bits per heavy atom. The summed E-state index contributed by atoms with van der Waals surface area (Å²) in [5, 5.41) is 3.56. The molecule has 2 aliphatic rings. The molecule has 2 fully saturated rings. The average molecular weight is 246 g/mol. The summed E-state index contributed by atoms with van der Waals surface area (Å²) >= 11 is 0. The van der Waals surface area contributed by atoms with E-state index in [0.717, 1.165) is 26.2 Å². The number of ether oxygens (including phenoxy) is 1.